The van der Waals surface area contributed by atoms with Crippen LogP contribution in [0.15, 0.2) is 54.9 Å². The van der Waals surface area contributed by atoms with Gasteiger partial charge in [0.05, 0.1) is 11.5 Å². The van der Waals surface area contributed by atoms with Crippen molar-refractivity contribution in [1.82, 2.24) is 9.55 Å². The van der Waals surface area contributed by atoms with Crippen molar-refractivity contribution in [2.45, 2.75) is 13.5 Å². The molecule has 9 nitrogen and oxygen atoms in total. The van der Waals surface area contributed by atoms with Crippen molar-refractivity contribution in [3.63, 3.8) is 0 Å². The molecule has 0 radical (unpaired) electrons. The van der Waals surface area contributed by atoms with Crippen molar-refractivity contribution >= 4 is 23.0 Å². The fourth-order valence-corrected chi connectivity index (χ4v) is 2.93. The fourth-order valence-electron chi connectivity index (χ4n) is 2.93. The maximum absolute atomic E-state index is 12.6. The summed E-state index contributed by atoms with van der Waals surface area (Å²) in [4.78, 5) is 27.6. The first-order valence-corrected chi connectivity index (χ1v) is 9.37. The predicted molar refractivity (Wildman–Crippen MR) is 114 cm³/mol. The lowest BCUT2D eigenvalue weighted by molar-refractivity contribution is -0.384. The third-order valence-corrected chi connectivity index (χ3v) is 4.57. The highest BCUT2D eigenvalue weighted by atomic mass is 16.6. The van der Waals surface area contributed by atoms with Crippen molar-refractivity contribution in [3.05, 3.63) is 81.9 Å². The van der Waals surface area contributed by atoms with E-state index in [4.69, 9.17) is 4.74 Å². The Morgan fingerprint density at radius 1 is 1.23 bits per heavy atom. The number of hydrogen-bond donors (Lipinski definition) is 2. The lowest BCUT2D eigenvalue weighted by Crippen LogP contribution is -2.14. The summed E-state index contributed by atoms with van der Waals surface area (Å²) in [6.45, 7) is 3.46. The van der Waals surface area contributed by atoms with Gasteiger partial charge < -0.3 is 19.9 Å². The normalized spacial score (nSPS) is 10.6. The topological polar surface area (TPSA) is 111 Å². The van der Waals surface area contributed by atoms with Crippen molar-refractivity contribution in [3.8, 4) is 0 Å². The van der Waals surface area contributed by atoms with Crippen LogP contribution in [-0.4, -0.2) is 40.6 Å². The second-order valence-corrected chi connectivity index (χ2v) is 6.66. The molecule has 30 heavy (non-hydrogen) atoms. The van der Waals surface area contributed by atoms with E-state index in [9.17, 15) is 14.9 Å². The zero-order chi connectivity index (χ0) is 21.5. The molecular weight excluding hydrogens is 386 g/mol. The van der Waals surface area contributed by atoms with E-state index in [1.165, 1.54) is 12.1 Å². The van der Waals surface area contributed by atoms with Crippen LogP contribution in [0, 0.1) is 17.0 Å². The molecule has 0 bridgehead atoms. The Labute approximate surface area is 173 Å². The summed E-state index contributed by atoms with van der Waals surface area (Å²) in [5.41, 5.74) is 2.06. The van der Waals surface area contributed by atoms with Gasteiger partial charge in [-0.05, 0) is 36.8 Å². The quantitative estimate of drug-likeness (QED) is 0.318. The number of nitrogens with one attached hydrogen (secondary N) is 2. The molecule has 0 unspecified atom stereocenters. The Kier molecular flexibility index (Phi) is 6.76. The number of benzene rings is 2. The number of imidazole rings is 1. The number of hydrogen-bond acceptors (Lipinski definition) is 6. The van der Waals surface area contributed by atoms with Gasteiger partial charge in [-0.2, -0.15) is 0 Å². The maximum Gasteiger partial charge on any atom is 0.293 e. The summed E-state index contributed by atoms with van der Waals surface area (Å²) in [5, 5.41) is 17.1. The van der Waals surface area contributed by atoms with Gasteiger partial charge in [0.15, 0.2) is 0 Å². The molecule has 0 aliphatic carbocycles. The highest BCUT2D eigenvalue weighted by Gasteiger charge is 2.17. The van der Waals surface area contributed by atoms with Crippen molar-refractivity contribution in [2.75, 3.05) is 30.9 Å². The Balaban J connectivity index is 1.68. The first-order chi connectivity index (χ1) is 14.5. The number of nitrogens with zero attached hydrogens (tertiary/aromatic N) is 3. The van der Waals surface area contributed by atoms with E-state index in [0.29, 0.717) is 31.1 Å². The van der Waals surface area contributed by atoms with Crippen LogP contribution >= 0.6 is 0 Å². The largest absolute Gasteiger partial charge is 0.383 e. The molecule has 2 aromatic carbocycles. The highest BCUT2D eigenvalue weighted by molar-refractivity contribution is 6.05. The van der Waals surface area contributed by atoms with E-state index >= 15 is 0 Å². The van der Waals surface area contributed by atoms with Gasteiger partial charge in [-0.25, -0.2) is 4.98 Å². The number of rotatable bonds is 9. The van der Waals surface area contributed by atoms with Gasteiger partial charge in [0.1, 0.15) is 11.5 Å². The molecule has 1 amide bonds. The highest BCUT2D eigenvalue weighted by Crippen LogP contribution is 2.26. The first kappa shape index (κ1) is 21.0. The Bertz CT molecular complexity index is 1030. The molecule has 0 saturated carbocycles. The van der Waals surface area contributed by atoms with Crippen molar-refractivity contribution in [1.29, 1.82) is 0 Å². The number of ether oxygens (including phenoxy) is 1. The van der Waals surface area contributed by atoms with Gasteiger partial charge in [-0.3, -0.25) is 14.9 Å². The summed E-state index contributed by atoms with van der Waals surface area (Å²) in [6, 6.07) is 11.8. The van der Waals surface area contributed by atoms with Crippen LogP contribution in [0.4, 0.5) is 17.1 Å². The van der Waals surface area contributed by atoms with Crippen LogP contribution in [0.5, 0.6) is 0 Å². The molecule has 3 aromatic rings. The van der Waals surface area contributed by atoms with Crippen LogP contribution in [-0.2, 0) is 11.3 Å². The molecule has 156 valence electrons. The van der Waals surface area contributed by atoms with E-state index in [1.807, 2.05) is 29.8 Å². The standard InChI is InChI=1S/C21H23N5O4/c1-15-22-9-11-25(15)14-16-3-6-18(7-4-16)24-21(27)17-5-8-19(23-10-12-30-2)20(13-17)26(28)29/h3-9,11,13,23H,10,12,14H2,1-2H3,(H,24,27). The second kappa shape index (κ2) is 9.66. The minimum Gasteiger partial charge on any atom is -0.383 e. The van der Waals surface area contributed by atoms with Crippen molar-refractivity contribution < 1.29 is 14.5 Å². The summed E-state index contributed by atoms with van der Waals surface area (Å²) in [7, 11) is 1.55. The molecule has 0 atom stereocenters. The average Bonchev–Trinajstić information content (AvgIpc) is 3.14. The Morgan fingerprint density at radius 2 is 2.00 bits per heavy atom. The second-order valence-electron chi connectivity index (χ2n) is 6.66. The lowest BCUT2D eigenvalue weighted by Gasteiger charge is -2.10. The molecule has 0 aliphatic heterocycles. The van der Waals surface area contributed by atoms with Crippen LogP contribution in [0.25, 0.3) is 0 Å². The van der Waals surface area contributed by atoms with E-state index in [2.05, 4.69) is 15.6 Å². The summed E-state index contributed by atoms with van der Waals surface area (Å²) >= 11 is 0. The van der Waals surface area contributed by atoms with E-state index in [-0.39, 0.29) is 11.3 Å². The summed E-state index contributed by atoms with van der Waals surface area (Å²) in [5.74, 6) is 0.508. The third-order valence-electron chi connectivity index (χ3n) is 4.57. The van der Waals surface area contributed by atoms with Gasteiger partial charge in [0.25, 0.3) is 11.6 Å². The zero-order valence-electron chi connectivity index (χ0n) is 16.8. The molecular formula is C21H23N5O4. The Morgan fingerprint density at radius 3 is 2.63 bits per heavy atom. The SMILES string of the molecule is COCCNc1ccc(C(=O)Nc2ccc(Cn3ccnc3C)cc2)cc1[N+](=O)[O-]. The van der Waals surface area contributed by atoms with Gasteiger partial charge >= 0.3 is 0 Å². The summed E-state index contributed by atoms with van der Waals surface area (Å²) in [6.07, 6.45) is 3.66. The molecule has 2 N–H and O–H groups in total. The molecule has 3 rings (SSSR count). The molecule has 0 fully saturated rings. The number of anilines is 2. The number of nitro benzene ring substituents is 1. The number of aromatic nitrogens is 2. The van der Waals surface area contributed by atoms with Gasteiger partial charge in [-0.1, -0.05) is 12.1 Å². The van der Waals surface area contributed by atoms with Gasteiger partial charge in [0.2, 0.25) is 0 Å². The van der Waals surface area contributed by atoms with Crippen LogP contribution in [0.3, 0.4) is 0 Å². The van der Waals surface area contributed by atoms with Crippen LogP contribution in [0.2, 0.25) is 0 Å². The first-order valence-electron chi connectivity index (χ1n) is 9.37. The van der Waals surface area contributed by atoms with E-state index in [0.717, 1.165) is 11.4 Å². The number of nitro groups is 1. The predicted octanol–water partition coefficient (Wildman–Crippen LogP) is 3.46. The van der Waals surface area contributed by atoms with E-state index in [1.54, 1.807) is 31.5 Å². The summed E-state index contributed by atoms with van der Waals surface area (Å²) < 4.78 is 6.96. The number of amides is 1. The number of carbonyl (C=O) groups is 1. The fraction of sp³-hybridized carbons (Fsp3) is 0.238. The third kappa shape index (κ3) is 5.21. The molecule has 0 saturated heterocycles. The minimum atomic E-state index is -0.515. The van der Waals surface area contributed by atoms with Crippen LogP contribution in [0.1, 0.15) is 21.7 Å². The maximum atomic E-state index is 12.6. The van der Waals surface area contributed by atoms with Crippen molar-refractivity contribution in [2.24, 2.45) is 0 Å². The number of carbonyl (C=O) groups excluding carboxylic acids is 1. The Hall–Kier alpha value is -3.72. The van der Waals surface area contributed by atoms with Gasteiger partial charge in [-0.15, -0.1) is 0 Å². The average molecular weight is 409 g/mol. The van der Waals surface area contributed by atoms with E-state index < -0.39 is 10.8 Å². The smallest absolute Gasteiger partial charge is 0.293 e. The minimum absolute atomic E-state index is 0.162. The monoisotopic (exact) mass is 409 g/mol. The molecule has 1 aromatic heterocycles. The lowest BCUT2D eigenvalue weighted by atomic mass is 10.1. The molecule has 0 aliphatic rings. The zero-order valence-corrected chi connectivity index (χ0v) is 16.8. The van der Waals surface area contributed by atoms with Gasteiger partial charge in [0, 0.05) is 49.9 Å². The van der Waals surface area contributed by atoms with Crippen LogP contribution < -0.4 is 10.6 Å². The molecule has 1 heterocycles. The molecule has 9 heteroatoms. The molecule has 0 spiro atoms. The number of aryl methyl sites for hydroxylation is 1. The number of methoxy groups -OCH3 is 1.